The third-order valence-corrected chi connectivity index (χ3v) is 2.31. The third kappa shape index (κ3) is 1.31. The van der Waals surface area contributed by atoms with Crippen molar-refractivity contribution in [2.45, 2.75) is 6.92 Å². The predicted molar refractivity (Wildman–Crippen MR) is 52.0 cm³/mol. The van der Waals surface area contributed by atoms with Crippen LogP contribution in [0.15, 0.2) is 29.8 Å². The smallest absolute Gasteiger partial charge is 0.252 e. The van der Waals surface area contributed by atoms with Crippen LogP contribution in [0.5, 0.6) is 0 Å². The summed E-state index contributed by atoms with van der Waals surface area (Å²) in [6, 6.07) is 6.33. The Labute approximate surface area is 81.4 Å². The molecule has 14 heavy (non-hydrogen) atoms. The van der Waals surface area contributed by atoms with Crippen molar-refractivity contribution in [3.05, 3.63) is 41.2 Å². The van der Waals surface area contributed by atoms with Gasteiger partial charge in [0.25, 0.3) is 5.91 Å². The maximum absolute atomic E-state index is 13.4. The summed E-state index contributed by atoms with van der Waals surface area (Å²) < 4.78 is 13.4. The van der Waals surface area contributed by atoms with Crippen LogP contribution in [-0.2, 0) is 4.79 Å². The van der Waals surface area contributed by atoms with E-state index in [9.17, 15) is 9.18 Å². The largest absolute Gasteiger partial charge is 0.348 e. The van der Waals surface area contributed by atoms with E-state index in [0.717, 1.165) is 5.57 Å². The molecule has 0 bridgehead atoms. The molecule has 72 valence electrons. The first-order valence-electron chi connectivity index (χ1n) is 4.43. The van der Waals surface area contributed by atoms with Crippen LogP contribution in [0.4, 0.5) is 4.39 Å². The molecule has 3 heteroatoms. The van der Waals surface area contributed by atoms with Gasteiger partial charge in [-0.2, -0.15) is 0 Å². The molecule has 0 atom stereocenters. The Balaban J connectivity index is 2.55. The van der Waals surface area contributed by atoms with Gasteiger partial charge in [0.05, 0.1) is 5.57 Å². The highest BCUT2D eigenvalue weighted by Gasteiger charge is 2.22. The number of amides is 1. The second kappa shape index (κ2) is 3.25. The van der Waals surface area contributed by atoms with Gasteiger partial charge < -0.3 is 5.32 Å². The zero-order valence-corrected chi connectivity index (χ0v) is 7.80. The van der Waals surface area contributed by atoms with Crippen molar-refractivity contribution in [3.63, 3.8) is 0 Å². The van der Waals surface area contributed by atoms with Gasteiger partial charge in [-0.1, -0.05) is 18.2 Å². The average molecular weight is 191 g/mol. The summed E-state index contributed by atoms with van der Waals surface area (Å²) >= 11 is 0. The number of hydrogen-bond acceptors (Lipinski definition) is 1. The highest BCUT2D eigenvalue weighted by molar-refractivity contribution is 6.22. The number of carbonyl (C=O) groups is 1. The molecule has 1 aliphatic heterocycles. The summed E-state index contributed by atoms with van der Waals surface area (Å²) in [7, 11) is 0. The predicted octanol–water partition coefficient (Wildman–Crippen LogP) is 1.73. The number of halogens is 1. The molecule has 1 N–H and O–H groups in total. The fourth-order valence-electron chi connectivity index (χ4n) is 1.60. The summed E-state index contributed by atoms with van der Waals surface area (Å²) in [5.74, 6) is -0.536. The lowest BCUT2D eigenvalue weighted by atomic mass is 10.0. The highest BCUT2D eigenvalue weighted by atomic mass is 19.1. The standard InChI is InChI=1S/C11H10FNO/c1-7-6-13-11(14)10(7)8-4-2-3-5-9(8)12/h2-5H,6H2,1H3,(H,13,14). The SMILES string of the molecule is CC1=C(c2ccccc2F)C(=O)NC1. The lowest BCUT2D eigenvalue weighted by Gasteiger charge is -2.02. The van der Waals surface area contributed by atoms with Crippen LogP contribution in [0, 0.1) is 5.82 Å². The molecular formula is C11H10FNO. The quantitative estimate of drug-likeness (QED) is 0.719. The molecule has 1 heterocycles. The molecular weight excluding hydrogens is 181 g/mol. The molecule has 0 aromatic heterocycles. The minimum absolute atomic E-state index is 0.187. The van der Waals surface area contributed by atoms with E-state index in [1.807, 2.05) is 6.92 Å². The van der Waals surface area contributed by atoms with Crippen molar-refractivity contribution in [2.75, 3.05) is 6.54 Å². The lowest BCUT2D eigenvalue weighted by molar-refractivity contribution is -0.114. The van der Waals surface area contributed by atoms with E-state index < -0.39 is 0 Å². The first-order chi connectivity index (χ1) is 6.70. The third-order valence-electron chi connectivity index (χ3n) is 2.31. The van der Waals surface area contributed by atoms with Gasteiger partial charge in [-0.3, -0.25) is 4.79 Å². The molecule has 0 unspecified atom stereocenters. The monoisotopic (exact) mass is 191 g/mol. The van der Waals surface area contributed by atoms with Crippen LogP contribution in [-0.4, -0.2) is 12.5 Å². The topological polar surface area (TPSA) is 29.1 Å². The number of carbonyl (C=O) groups excluding carboxylic acids is 1. The Morgan fingerprint density at radius 1 is 1.36 bits per heavy atom. The Kier molecular flexibility index (Phi) is 2.08. The van der Waals surface area contributed by atoms with Crippen molar-refractivity contribution in [1.82, 2.24) is 5.32 Å². The van der Waals surface area contributed by atoms with Gasteiger partial charge in [0.15, 0.2) is 0 Å². The van der Waals surface area contributed by atoms with Crippen LogP contribution in [0.3, 0.4) is 0 Å². The van der Waals surface area contributed by atoms with E-state index in [4.69, 9.17) is 0 Å². The Morgan fingerprint density at radius 3 is 2.64 bits per heavy atom. The van der Waals surface area contributed by atoms with Crippen LogP contribution >= 0.6 is 0 Å². The van der Waals surface area contributed by atoms with Crippen molar-refractivity contribution in [1.29, 1.82) is 0 Å². The minimum atomic E-state index is -0.348. The van der Waals surface area contributed by atoms with E-state index in [1.54, 1.807) is 18.2 Å². The average Bonchev–Trinajstić information content (AvgIpc) is 2.48. The zero-order valence-electron chi connectivity index (χ0n) is 7.80. The molecule has 2 nitrogen and oxygen atoms in total. The second-order valence-electron chi connectivity index (χ2n) is 3.32. The molecule has 0 fully saturated rings. The Bertz CT molecular complexity index is 423. The first-order valence-corrected chi connectivity index (χ1v) is 4.43. The molecule has 1 aromatic rings. The van der Waals surface area contributed by atoms with E-state index in [1.165, 1.54) is 6.07 Å². The van der Waals surface area contributed by atoms with Crippen LogP contribution in [0.1, 0.15) is 12.5 Å². The Morgan fingerprint density at radius 2 is 2.07 bits per heavy atom. The number of nitrogens with one attached hydrogen (secondary N) is 1. The number of benzene rings is 1. The molecule has 0 spiro atoms. The molecule has 0 saturated carbocycles. The molecule has 1 amide bonds. The fraction of sp³-hybridized carbons (Fsp3) is 0.182. The van der Waals surface area contributed by atoms with E-state index in [-0.39, 0.29) is 11.7 Å². The number of rotatable bonds is 1. The molecule has 1 aliphatic rings. The summed E-state index contributed by atoms with van der Waals surface area (Å²) in [5.41, 5.74) is 1.75. The lowest BCUT2D eigenvalue weighted by Crippen LogP contribution is -2.17. The van der Waals surface area contributed by atoms with Gasteiger partial charge in [0, 0.05) is 12.1 Å². The minimum Gasteiger partial charge on any atom is -0.348 e. The van der Waals surface area contributed by atoms with Crippen molar-refractivity contribution in [2.24, 2.45) is 0 Å². The summed E-state index contributed by atoms with van der Waals surface area (Å²) in [5, 5.41) is 2.67. The fourth-order valence-corrected chi connectivity index (χ4v) is 1.60. The molecule has 0 saturated heterocycles. The van der Waals surface area contributed by atoms with Gasteiger partial charge in [-0.25, -0.2) is 4.39 Å². The maximum atomic E-state index is 13.4. The maximum Gasteiger partial charge on any atom is 0.252 e. The molecule has 1 aromatic carbocycles. The van der Waals surface area contributed by atoms with Crippen molar-refractivity contribution in [3.8, 4) is 0 Å². The van der Waals surface area contributed by atoms with Crippen molar-refractivity contribution >= 4 is 11.5 Å². The van der Waals surface area contributed by atoms with Gasteiger partial charge in [-0.15, -0.1) is 0 Å². The van der Waals surface area contributed by atoms with Gasteiger partial charge >= 0.3 is 0 Å². The number of hydrogen-bond donors (Lipinski definition) is 1. The first kappa shape index (κ1) is 8.94. The molecule has 2 rings (SSSR count). The molecule has 0 radical (unpaired) electrons. The van der Waals surface area contributed by atoms with Gasteiger partial charge in [0.2, 0.25) is 0 Å². The van der Waals surface area contributed by atoms with Crippen LogP contribution in [0.25, 0.3) is 5.57 Å². The van der Waals surface area contributed by atoms with E-state index >= 15 is 0 Å². The normalized spacial score (nSPS) is 16.0. The highest BCUT2D eigenvalue weighted by Crippen LogP contribution is 2.24. The molecule has 0 aliphatic carbocycles. The van der Waals surface area contributed by atoms with E-state index in [2.05, 4.69) is 5.32 Å². The second-order valence-corrected chi connectivity index (χ2v) is 3.32. The van der Waals surface area contributed by atoms with Crippen LogP contribution in [0.2, 0.25) is 0 Å². The van der Waals surface area contributed by atoms with Gasteiger partial charge in [-0.05, 0) is 18.6 Å². The van der Waals surface area contributed by atoms with Crippen molar-refractivity contribution < 1.29 is 9.18 Å². The summed E-state index contributed by atoms with van der Waals surface area (Å²) in [6.07, 6.45) is 0. The summed E-state index contributed by atoms with van der Waals surface area (Å²) in [6.45, 7) is 2.35. The summed E-state index contributed by atoms with van der Waals surface area (Å²) in [4.78, 5) is 11.4. The van der Waals surface area contributed by atoms with Gasteiger partial charge in [0.1, 0.15) is 5.82 Å². The van der Waals surface area contributed by atoms with E-state index in [0.29, 0.717) is 17.7 Å². The van der Waals surface area contributed by atoms with Crippen LogP contribution < -0.4 is 5.32 Å². The zero-order chi connectivity index (χ0) is 10.1. The Hall–Kier alpha value is -1.64.